The largest absolute Gasteiger partial charge is 0.317 e. The maximum Gasteiger partial charge on any atom is 0.133 e. The van der Waals surface area contributed by atoms with Crippen molar-refractivity contribution in [3.05, 3.63) is 10.0 Å². The normalized spacial score (nSPS) is 23.7. The van der Waals surface area contributed by atoms with E-state index in [-0.39, 0.29) is 4.75 Å². The maximum absolute atomic E-state index is 4.41. The molecule has 1 saturated heterocycles. The van der Waals surface area contributed by atoms with Gasteiger partial charge in [-0.3, -0.25) is 0 Å². The standard InChI is InChI=1S/C13H23N3S2/c1-3-8-14-9-4-6-11-15-16-12(18-11)13(2)7-5-10-17-13/h14H,3-10H2,1-2H3. The summed E-state index contributed by atoms with van der Waals surface area (Å²) in [6.07, 6.45) is 6.01. The van der Waals surface area contributed by atoms with Gasteiger partial charge in [-0.1, -0.05) is 6.92 Å². The van der Waals surface area contributed by atoms with Gasteiger partial charge in [-0.15, -0.1) is 33.3 Å². The number of rotatable bonds is 7. The Morgan fingerprint density at radius 1 is 1.33 bits per heavy atom. The summed E-state index contributed by atoms with van der Waals surface area (Å²) in [5.41, 5.74) is 0. The van der Waals surface area contributed by atoms with Crippen molar-refractivity contribution in [1.29, 1.82) is 0 Å². The lowest BCUT2D eigenvalue weighted by Gasteiger charge is -2.17. The molecular formula is C13H23N3S2. The minimum absolute atomic E-state index is 0.246. The second-order valence-corrected chi connectivity index (χ2v) is 7.70. The summed E-state index contributed by atoms with van der Waals surface area (Å²) in [7, 11) is 0. The summed E-state index contributed by atoms with van der Waals surface area (Å²) in [6.45, 7) is 6.73. The summed E-state index contributed by atoms with van der Waals surface area (Å²) in [4.78, 5) is 0. The third kappa shape index (κ3) is 3.68. The van der Waals surface area contributed by atoms with E-state index in [0.29, 0.717) is 0 Å². The lowest BCUT2D eigenvalue weighted by atomic mass is 10.1. The molecular weight excluding hydrogens is 262 g/mol. The van der Waals surface area contributed by atoms with Gasteiger partial charge in [0.05, 0.1) is 4.75 Å². The predicted octanol–water partition coefficient (Wildman–Crippen LogP) is 3.21. The van der Waals surface area contributed by atoms with Gasteiger partial charge in [-0.2, -0.15) is 0 Å². The van der Waals surface area contributed by atoms with Crippen molar-refractivity contribution in [2.45, 2.75) is 50.7 Å². The van der Waals surface area contributed by atoms with E-state index in [1.54, 1.807) is 0 Å². The average Bonchev–Trinajstić information content (AvgIpc) is 2.99. The molecule has 0 bridgehead atoms. The number of hydrogen-bond acceptors (Lipinski definition) is 5. The van der Waals surface area contributed by atoms with E-state index < -0.39 is 0 Å². The highest BCUT2D eigenvalue weighted by Crippen LogP contribution is 2.46. The van der Waals surface area contributed by atoms with Crippen molar-refractivity contribution >= 4 is 23.1 Å². The van der Waals surface area contributed by atoms with Crippen molar-refractivity contribution < 1.29 is 0 Å². The second kappa shape index (κ2) is 6.87. The van der Waals surface area contributed by atoms with Crippen LogP contribution in [0.15, 0.2) is 0 Å². The molecule has 0 aromatic carbocycles. The summed E-state index contributed by atoms with van der Waals surface area (Å²) in [6, 6.07) is 0. The lowest BCUT2D eigenvalue weighted by molar-refractivity contribution is 0.629. The first-order chi connectivity index (χ1) is 8.74. The van der Waals surface area contributed by atoms with Crippen LogP contribution in [-0.2, 0) is 11.2 Å². The number of hydrogen-bond donors (Lipinski definition) is 1. The van der Waals surface area contributed by atoms with E-state index in [1.165, 1.54) is 41.5 Å². The number of aromatic nitrogens is 2. The Kier molecular flexibility index (Phi) is 5.45. The fraction of sp³-hybridized carbons (Fsp3) is 0.846. The zero-order chi connectivity index (χ0) is 12.8. The zero-order valence-electron chi connectivity index (χ0n) is 11.4. The van der Waals surface area contributed by atoms with Gasteiger partial charge in [0.15, 0.2) is 0 Å². The first-order valence-electron chi connectivity index (χ1n) is 6.92. The molecule has 0 radical (unpaired) electrons. The van der Waals surface area contributed by atoms with Crippen molar-refractivity contribution in [2.75, 3.05) is 18.8 Å². The number of nitrogens with zero attached hydrogens (tertiary/aromatic N) is 2. The summed E-state index contributed by atoms with van der Waals surface area (Å²) < 4.78 is 0.246. The molecule has 0 spiro atoms. The molecule has 0 saturated carbocycles. The van der Waals surface area contributed by atoms with Crippen molar-refractivity contribution in [3.8, 4) is 0 Å². The van der Waals surface area contributed by atoms with Gasteiger partial charge in [-0.25, -0.2) is 0 Å². The van der Waals surface area contributed by atoms with Crippen LogP contribution >= 0.6 is 23.1 Å². The van der Waals surface area contributed by atoms with Crippen LogP contribution in [0.4, 0.5) is 0 Å². The molecule has 3 nitrogen and oxygen atoms in total. The second-order valence-electron chi connectivity index (χ2n) is 5.04. The molecule has 0 aliphatic carbocycles. The molecule has 1 N–H and O–H groups in total. The van der Waals surface area contributed by atoms with E-state index >= 15 is 0 Å². The van der Waals surface area contributed by atoms with Gasteiger partial charge >= 0.3 is 0 Å². The van der Waals surface area contributed by atoms with E-state index in [4.69, 9.17) is 0 Å². The third-order valence-electron chi connectivity index (χ3n) is 3.31. The van der Waals surface area contributed by atoms with Gasteiger partial charge in [0, 0.05) is 6.42 Å². The molecule has 1 aliphatic rings. The van der Waals surface area contributed by atoms with Crippen LogP contribution in [0.3, 0.4) is 0 Å². The number of nitrogens with one attached hydrogen (secondary N) is 1. The maximum atomic E-state index is 4.41. The Balaban J connectivity index is 1.79. The van der Waals surface area contributed by atoms with Crippen molar-refractivity contribution in [1.82, 2.24) is 15.5 Å². The number of thioether (sulfide) groups is 1. The van der Waals surface area contributed by atoms with Gasteiger partial charge < -0.3 is 5.32 Å². The van der Waals surface area contributed by atoms with E-state index in [1.807, 2.05) is 23.1 Å². The molecule has 18 heavy (non-hydrogen) atoms. The zero-order valence-corrected chi connectivity index (χ0v) is 13.0. The Morgan fingerprint density at radius 2 is 2.22 bits per heavy atom. The Bertz CT molecular complexity index is 359. The van der Waals surface area contributed by atoms with Crippen LogP contribution in [0.2, 0.25) is 0 Å². The molecule has 1 atom stereocenters. The summed E-state index contributed by atoms with van der Waals surface area (Å²) >= 11 is 3.86. The fourth-order valence-electron chi connectivity index (χ4n) is 2.18. The average molecular weight is 285 g/mol. The van der Waals surface area contributed by atoms with Gasteiger partial charge in [-0.05, 0) is 51.4 Å². The summed E-state index contributed by atoms with van der Waals surface area (Å²) in [5, 5.41) is 14.6. The lowest BCUT2D eigenvalue weighted by Crippen LogP contribution is -2.16. The molecule has 1 unspecified atom stereocenters. The molecule has 2 heterocycles. The Hall–Kier alpha value is -0.130. The molecule has 1 aromatic heterocycles. The smallest absolute Gasteiger partial charge is 0.133 e. The Labute approximate surface area is 118 Å². The van der Waals surface area contributed by atoms with Crippen molar-refractivity contribution in [2.24, 2.45) is 0 Å². The third-order valence-corrected chi connectivity index (χ3v) is 6.21. The first kappa shape index (κ1) is 14.3. The van der Waals surface area contributed by atoms with Gasteiger partial charge in [0.2, 0.25) is 0 Å². The van der Waals surface area contributed by atoms with Crippen LogP contribution in [-0.4, -0.2) is 29.0 Å². The van der Waals surface area contributed by atoms with E-state index in [0.717, 1.165) is 19.5 Å². The minimum atomic E-state index is 0.246. The molecule has 102 valence electrons. The van der Waals surface area contributed by atoms with Crippen LogP contribution in [0.25, 0.3) is 0 Å². The van der Waals surface area contributed by atoms with E-state index in [9.17, 15) is 0 Å². The SMILES string of the molecule is CCCNCCCc1nnc(C2(C)CCCS2)s1. The van der Waals surface area contributed by atoms with Crippen LogP contribution in [0.1, 0.15) is 49.5 Å². The minimum Gasteiger partial charge on any atom is -0.317 e. The molecule has 1 fully saturated rings. The molecule has 5 heteroatoms. The number of aryl methyl sites for hydroxylation is 1. The fourth-order valence-corrected chi connectivity index (χ4v) is 4.63. The highest BCUT2D eigenvalue weighted by molar-refractivity contribution is 8.00. The highest BCUT2D eigenvalue weighted by atomic mass is 32.2. The highest BCUT2D eigenvalue weighted by Gasteiger charge is 2.34. The molecule has 2 rings (SSSR count). The topological polar surface area (TPSA) is 37.8 Å². The van der Waals surface area contributed by atoms with Crippen LogP contribution in [0.5, 0.6) is 0 Å². The quantitative estimate of drug-likeness (QED) is 0.781. The monoisotopic (exact) mass is 285 g/mol. The predicted molar refractivity (Wildman–Crippen MR) is 80.4 cm³/mol. The van der Waals surface area contributed by atoms with Crippen LogP contribution < -0.4 is 5.32 Å². The van der Waals surface area contributed by atoms with Crippen molar-refractivity contribution in [3.63, 3.8) is 0 Å². The molecule has 1 aliphatic heterocycles. The Morgan fingerprint density at radius 3 is 2.94 bits per heavy atom. The van der Waals surface area contributed by atoms with Crippen LogP contribution in [0, 0.1) is 0 Å². The summed E-state index contributed by atoms with van der Waals surface area (Å²) in [5.74, 6) is 1.27. The van der Waals surface area contributed by atoms with E-state index in [2.05, 4.69) is 29.4 Å². The first-order valence-corrected chi connectivity index (χ1v) is 8.72. The molecule has 1 aromatic rings. The van der Waals surface area contributed by atoms with Gasteiger partial charge in [0.25, 0.3) is 0 Å². The molecule has 0 amide bonds. The van der Waals surface area contributed by atoms with Gasteiger partial charge in [0.1, 0.15) is 10.0 Å².